The predicted molar refractivity (Wildman–Crippen MR) is 96.5 cm³/mol. The van der Waals surface area contributed by atoms with E-state index in [1.54, 1.807) is 6.20 Å². The molecule has 1 aliphatic heterocycles. The first-order chi connectivity index (χ1) is 11.7. The first-order valence-corrected chi connectivity index (χ1v) is 8.60. The minimum Gasteiger partial charge on any atom is -0.398 e. The van der Waals surface area contributed by atoms with Crippen molar-refractivity contribution >= 4 is 11.3 Å². The number of hydrogen-bond acceptors (Lipinski definition) is 4. The second kappa shape index (κ2) is 6.24. The van der Waals surface area contributed by atoms with Gasteiger partial charge in [0, 0.05) is 42.9 Å². The molecule has 0 aliphatic carbocycles. The van der Waals surface area contributed by atoms with E-state index in [-0.39, 0.29) is 0 Å². The number of nitrogen functional groups attached to an aromatic ring is 1. The van der Waals surface area contributed by atoms with Crippen LogP contribution in [0.1, 0.15) is 25.5 Å². The van der Waals surface area contributed by atoms with Crippen molar-refractivity contribution in [2.24, 2.45) is 5.92 Å². The van der Waals surface area contributed by atoms with Crippen LogP contribution in [0.25, 0.3) is 16.9 Å². The molecule has 124 valence electrons. The Bertz CT molecular complexity index is 840. The predicted octanol–water partition coefficient (Wildman–Crippen LogP) is 3.21. The van der Waals surface area contributed by atoms with Crippen molar-refractivity contribution in [2.45, 2.75) is 26.3 Å². The van der Waals surface area contributed by atoms with Crippen LogP contribution in [-0.2, 0) is 6.54 Å². The fourth-order valence-corrected chi connectivity index (χ4v) is 3.64. The Morgan fingerprint density at radius 2 is 2.21 bits per heavy atom. The number of aromatic nitrogens is 3. The highest BCUT2D eigenvalue weighted by atomic mass is 15.2. The van der Waals surface area contributed by atoms with Crippen molar-refractivity contribution in [2.75, 3.05) is 18.8 Å². The first kappa shape index (κ1) is 15.1. The van der Waals surface area contributed by atoms with Crippen molar-refractivity contribution in [3.63, 3.8) is 0 Å². The first-order valence-electron chi connectivity index (χ1n) is 8.60. The van der Waals surface area contributed by atoms with Gasteiger partial charge in [-0.2, -0.15) is 0 Å². The molecule has 3 aromatic heterocycles. The van der Waals surface area contributed by atoms with Crippen LogP contribution in [-0.4, -0.2) is 32.4 Å². The summed E-state index contributed by atoms with van der Waals surface area (Å²) < 4.78 is 2.14. The number of hydrogen-bond donors (Lipinski definition) is 1. The summed E-state index contributed by atoms with van der Waals surface area (Å²) >= 11 is 0. The zero-order chi connectivity index (χ0) is 16.5. The summed E-state index contributed by atoms with van der Waals surface area (Å²) in [6.07, 6.45) is 8.25. The van der Waals surface area contributed by atoms with Gasteiger partial charge in [-0.15, -0.1) is 0 Å². The standard InChI is InChI=1S/C19H23N5/c1-14-4-3-9-23(11-14)13-17-19(15-5-2-8-21-10-15)22-18-7-6-16(20)12-24(17)18/h2,5-8,10,12,14H,3-4,9,11,13,20H2,1H3. The quantitative estimate of drug-likeness (QED) is 0.805. The number of rotatable bonds is 3. The summed E-state index contributed by atoms with van der Waals surface area (Å²) in [5.41, 5.74) is 11.0. The molecule has 1 fully saturated rings. The van der Waals surface area contributed by atoms with Crippen LogP contribution in [0.3, 0.4) is 0 Å². The number of anilines is 1. The van der Waals surface area contributed by atoms with E-state index in [0.29, 0.717) is 0 Å². The SMILES string of the molecule is CC1CCCN(Cc2c(-c3cccnc3)nc3ccc(N)cn23)C1. The molecule has 4 heterocycles. The molecule has 0 radical (unpaired) electrons. The van der Waals surface area contributed by atoms with E-state index in [9.17, 15) is 0 Å². The molecule has 24 heavy (non-hydrogen) atoms. The molecule has 3 aromatic rings. The molecular formula is C19H23N5. The number of imidazole rings is 1. The van der Waals surface area contributed by atoms with Crippen LogP contribution in [0, 0.1) is 5.92 Å². The molecule has 1 saturated heterocycles. The lowest BCUT2D eigenvalue weighted by Gasteiger charge is -2.30. The van der Waals surface area contributed by atoms with E-state index < -0.39 is 0 Å². The molecule has 1 aliphatic rings. The highest BCUT2D eigenvalue weighted by Gasteiger charge is 2.21. The molecule has 0 spiro atoms. The van der Waals surface area contributed by atoms with Crippen LogP contribution < -0.4 is 5.73 Å². The highest BCUT2D eigenvalue weighted by Crippen LogP contribution is 2.27. The molecule has 0 saturated carbocycles. The number of nitrogens with two attached hydrogens (primary N) is 1. The van der Waals surface area contributed by atoms with Crippen LogP contribution in [0.4, 0.5) is 5.69 Å². The minimum atomic E-state index is 0.754. The number of nitrogens with zero attached hydrogens (tertiary/aromatic N) is 4. The van der Waals surface area contributed by atoms with E-state index in [1.807, 2.05) is 30.6 Å². The van der Waals surface area contributed by atoms with Gasteiger partial charge in [0.25, 0.3) is 0 Å². The molecule has 4 rings (SSSR count). The van der Waals surface area contributed by atoms with Gasteiger partial charge in [0.1, 0.15) is 5.65 Å². The summed E-state index contributed by atoms with van der Waals surface area (Å²) in [6, 6.07) is 7.92. The third kappa shape index (κ3) is 2.87. The summed E-state index contributed by atoms with van der Waals surface area (Å²) in [5, 5.41) is 0. The second-order valence-electron chi connectivity index (χ2n) is 6.82. The average Bonchev–Trinajstić information content (AvgIpc) is 2.94. The number of piperidine rings is 1. The van der Waals surface area contributed by atoms with Gasteiger partial charge in [-0.25, -0.2) is 4.98 Å². The van der Waals surface area contributed by atoms with Gasteiger partial charge in [-0.05, 0) is 49.6 Å². The minimum absolute atomic E-state index is 0.754. The Labute approximate surface area is 142 Å². The van der Waals surface area contributed by atoms with E-state index in [4.69, 9.17) is 10.7 Å². The lowest BCUT2D eigenvalue weighted by molar-refractivity contribution is 0.174. The van der Waals surface area contributed by atoms with Gasteiger partial charge >= 0.3 is 0 Å². The van der Waals surface area contributed by atoms with Crippen LogP contribution in [0.5, 0.6) is 0 Å². The maximum absolute atomic E-state index is 6.02. The molecule has 5 heteroatoms. The number of likely N-dealkylation sites (tertiary alicyclic amines) is 1. The topological polar surface area (TPSA) is 59.5 Å². The summed E-state index contributed by atoms with van der Waals surface area (Å²) in [5.74, 6) is 0.754. The van der Waals surface area contributed by atoms with Gasteiger partial charge in [0.2, 0.25) is 0 Å². The van der Waals surface area contributed by atoms with E-state index in [1.165, 1.54) is 18.5 Å². The van der Waals surface area contributed by atoms with Gasteiger partial charge in [-0.3, -0.25) is 9.88 Å². The Kier molecular flexibility index (Phi) is 3.94. The monoisotopic (exact) mass is 321 g/mol. The fourth-order valence-electron chi connectivity index (χ4n) is 3.64. The summed E-state index contributed by atoms with van der Waals surface area (Å²) in [6.45, 7) is 5.51. The summed E-state index contributed by atoms with van der Waals surface area (Å²) in [4.78, 5) is 11.6. The Morgan fingerprint density at radius 1 is 1.29 bits per heavy atom. The maximum Gasteiger partial charge on any atom is 0.137 e. The molecule has 5 nitrogen and oxygen atoms in total. The number of fused-ring (bicyclic) bond motifs is 1. The second-order valence-corrected chi connectivity index (χ2v) is 6.82. The lowest BCUT2D eigenvalue weighted by Crippen LogP contribution is -2.34. The van der Waals surface area contributed by atoms with Crippen LogP contribution in [0.2, 0.25) is 0 Å². The molecule has 2 N–H and O–H groups in total. The fraction of sp³-hybridized carbons (Fsp3) is 0.368. The third-order valence-electron chi connectivity index (χ3n) is 4.79. The Morgan fingerprint density at radius 3 is 3.00 bits per heavy atom. The van der Waals surface area contributed by atoms with E-state index in [2.05, 4.69) is 27.3 Å². The maximum atomic E-state index is 6.02. The zero-order valence-electron chi connectivity index (χ0n) is 14.0. The molecule has 0 aromatic carbocycles. The molecule has 1 unspecified atom stereocenters. The van der Waals surface area contributed by atoms with Crippen molar-refractivity contribution in [3.8, 4) is 11.3 Å². The molecule has 0 bridgehead atoms. The zero-order valence-corrected chi connectivity index (χ0v) is 14.0. The lowest BCUT2D eigenvalue weighted by atomic mass is 10.00. The van der Waals surface area contributed by atoms with Crippen molar-refractivity contribution in [3.05, 3.63) is 48.5 Å². The van der Waals surface area contributed by atoms with Crippen LogP contribution in [0.15, 0.2) is 42.9 Å². The van der Waals surface area contributed by atoms with Gasteiger partial charge in [0.15, 0.2) is 0 Å². The van der Waals surface area contributed by atoms with Gasteiger partial charge in [-0.1, -0.05) is 6.92 Å². The normalized spacial score (nSPS) is 19.0. The third-order valence-corrected chi connectivity index (χ3v) is 4.79. The largest absolute Gasteiger partial charge is 0.398 e. The van der Waals surface area contributed by atoms with Crippen molar-refractivity contribution in [1.82, 2.24) is 19.3 Å². The van der Waals surface area contributed by atoms with Crippen molar-refractivity contribution in [1.29, 1.82) is 0 Å². The molecular weight excluding hydrogens is 298 g/mol. The van der Waals surface area contributed by atoms with Crippen molar-refractivity contribution < 1.29 is 0 Å². The van der Waals surface area contributed by atoms with E-state index >= 15 is 0 Å². The Hall–Kier alpha value is -2.40. The average molecular weight is 321 g/mol. The molecule has 1 atom stereocenters. The smallest absolute Gasteiger partial charge is 0.137 e. The summed E-state index contributed by atoms with van der Waals surface area (Å²) in [7, 11) is 0. The Balaban J connectivity index is 1.80. The van der Waals surface area contributed by atoms with E-state index in [0.717, 1.165) is 48.1 Å². The van der Waals surface area contributed by atoms with Gasteiger partial charge < -0.3 is 10.1 Å². The van der Waals surface area contributed by atoms with Crippen LogP contribution >= 0.6 is 0 Å². The molecule has 0 amide bonds. The highest BCUT2D eigenvalue weighted by molar-refractivity contribution is 5.66. The number of pyridine rings is 2. The van der Waals surface area contributed by atoms with Gasteiger partial charge in [0.05, 0.1) is 11.4 Å².